The number of carbonyl (C=O) groups is 1. The quantitative estimate of drug-likeness (QED) is 0.934. The van der Waals surface area contributed by atoms with Gasteiger partial charge in [-0.15, -0.1) is 13.2 Å². The summed E-state index contributed by atoms with van der Waals surface area (Å²) in [5.74, 6) is -0.900. The third-order valence-electron chi connectivity index (χ3n) is 2.30. The Kier molecular flexibility index (Phi) is 4.32. The summed E-state index contributed by atoms with van der Waals surface area (Å²) in [5.41, 5.74) is 0.398. The predicted molar refractivity (Wildman–Crippen MR) is 70.3 cm³/mol. The summed E-state index contributed by atoms with van der Waals surface area (Å²) in [4.78, 5) is 15.7. The molecular formula is C13H8ClF3N2O2. The summed E-state index contributed by atoms with van der Waals surface area (Å²) in [6, 6.07) is 7.63. The summed E-state index contributed by atoms with van der Waals surface area (Å²) < 4.78 is 39.7. The van der Waals surface area contributed by atoms with E-state index in [1.807, 2.05) is 0 Å². The van der Waals surface area contributed by atoms with Gasteiger partial charge in [0, 0.05) is 16.9 Å². The van der Waals surface area contributed by atoms with Gasteiger partial charge in [0.25, 0.3) is 5.91 Å². The molecule has 1 N–H and O–H groups in total. The molecule has 0 bridgehead atoms. The zero-order valence-corrected chi connectivity index (χ0v) is 11.1. The number of amides is 1. The number of alkyl halides is 3. The molecule has 0 spiro atoms. The van der Waals surface area contributed by atoms with E-state index in [4.69, 9.17) is 11.6 Å². The highest BCUT2D eigenvalue weighted by Gasteiger charge is 2.30. The van der Waals surface area contributed by atoms with Crippen molar-refractivity contribution in [3.8, 4) is 5.75 Å². The first kappa shape index (κ1) is 15.1. The zero-order chi connectivity index (χ0) is 15.5. The van der Waals surface area contributed by atoms with Gasteiger partial charge in [-0.25, -0.2) is 0 Å². The largest absolute Gasteiger partial charge is 0.573 e. The van der Waals surface area contributed by atoms with Crippen molar-refractivity contribution >= 4 is 23.2 Å². The Bertz CT molecular complexity index is 645. The van der Waals surface area contributed by atoms with Crippen molar-refractivity contribution in [1.82, 2.24) is 4.98 Å². The van der Waals surface area contributed by atoms with Crippen molar-refractivity contribution in [3.63, 3.8) is 0 Å². The molecule has 0 aliphatic carbocycles. The minimum absolute atomic E-state index is 0.0955. The molecule has 8 heteroatoms. The van der Waals surface area contributed by atoms with Crippen LogP contribution in [0.15, 0.2) is 42.6 Å². The highest BCUT2D eigenvalue weighted by Crippen LogP contribution is 2.24. The summed E-state index contributed by atoms with van der Waals surface area (Å²) >= 11 is 5.73. The Morgan fingerprint density at radius 2 is 1.86 bits per heavy atom. The van der Waals surface area contributed by atoms with E-state index in [2.05, 4.69) is 15.0 Å². The molecule has 0 saturated heterocycles. The number of anilines is 1. The SMILES string of the molecule is O=C(Nc1ccc(OC(F)(F)F)cc1)c1cc(Cl)ccn1. The molecule has 2 rings (SSSR count). The fourth-order valence-electron chi connectivity index (χ4n) is 1.46. The fourth-order valence-corrected chi connectivity index (χ4v) is 1.62. The number of hydrogen-bond acceptors (Lipinski definition) is 3. The fraction of sp³-hybridized carbons (Fsp3) is 0.0769. The number of rotatable bonds is 3. The van der Waals surface area contributed by atoms with Crippen molar-refractivity contribution in [1.29, 1.82) is 0 Å². The monoisotopic (exact) mass is 316 g/mol. The van der Waals surface area contributed by atoms with E-state index < -0.39 is 12.3 Å². The van der Waals surface area contributed by atoms with Crippen LogP contribution < -0.4 is 10.1 Å². The standard InChI is InChI=1S/C13H8ClF3N2O2/c14-8-5-6-18-11(7-8)12(20)19-9-1-3-10(4-2-9)21-13(15,16)17/h1-7H,(H,19,20). The molecule has 2 aromatic rings. The van der Waals surface area contributed by atoms with Crippen molar-refractivity contribution in [2.45, 2.75) is 6.36 Å². The first-order chi connectivity index (χ1) is 9.83. The normalized spacial score (nSPS) is 11.0. The molecule has 0 fully saturated rings. The second-order valence-corrected chi connectivity index (χ2v) is 4.32. The van der Waals surface area contributed by atoms with Crippen molar-refractivity contribution in [3.05, 3.63) is 53.3 Å². The lowest BCUT2D eigenvalue weighted by atomic mass is 10.3. The average molecular weight is 317 g/mol. The first-order valence-electron chi connectivity index (χ1n) is 5.62. The molecule has 21 heavy (non-hydrogen) atoms. The highest BCUT2D eigenvalue weighted by atomic mass is 35.5. The van der Waals surface area contributed by atoms with Crippen LogP contribution in [0.3, 0.4) is 0 Å². The zero-order valence-electron chi connectivity index (χ0n) is 10.3. The smallest absolute Gasteiger partial charge is 0.406 e. The number of nitrogens with zero attached hydrogens (tertiary/aromatic N) is 1. The van der Waals surface area contributed by atoms with Gasteiger partial charge >= 0.3 is 6.36 Å². The maximum Gasteiger partial charge on any atom is 0.573 e. The van der Waals surface area contributed by atoms with Gasteiger partial charge in [0.2, 0.25) is 0 Å². The number of benzene rings is 1. The number of nitrogens with one attached hydrogen (secondary N) is 1. The topological polar surface area (TPSA) is 51.2 Å². The molecule has 1 heterocycles. The summed E-state index contributed by atoms with van der Waals surface area (Å²) in [5, 5.41) is 2.83. The van der Waals surface area contributed by atoms with Gasteiger partial charge in [0.15, 0.2) is 0 Å². The maximum atomic E-state index is 12.0. The molecule has 1 aromatic heterocycles. The molecule has 110 valence electrons. The minimum Gasteiger partial charge on any atom is -0.406 e. The van der Waals surface area contributed by atoms with Crippen molar-refractivity contribution in [2.24, 2.45) is 0 Å². The van der Waals surface area contributed by atoms with E-state index in [1.54, 1.807) is 0 Å². The van der Waals surface area contributed by atoms with Gasteiger partial charge in [-0.1, -0.05) is 11.6 Å². The summed E-state index contributed by atoms with van der Waals surface area (Å²) in [6.07, 6.45) is -3.38. The molecule has 0 radical (unpaired) electrons. The van der Waals surface area contributed by atoms with Gasteiger partial charge in [-0.3, -0.25) is 9.78 Å². The van der Waals surface area contributed by atoms with E-state index >= 15 is 0 Å². The Morgan fingerprint density at radius 1 is 1.19 bits per heavy atom. The number of carbonyl (C=O) groups excluding carboxylic acids is 1. The number of ether oxygens (including phenoxy) is 1. The lowest BCUT2D eigenvalue weighted by molar-refractivity contribution is -0.274. The minimum atomic E-state index is -4.75. The van der Waals surface area contributed by atoms with E-state index in [0.29, 0.717) is 10.7 Å². The molecular weight excluding hydrogens is 309 g/mol. The number of aromatic nitrogens is 1. The van der Waals surface area contributed by atoms with Crippen molar-refractivity contribution < 1.29 is 22.7 Å². The average Bonchev–Trinajstić information content (AvgIpc) is 2.39. The Balaban J connectivity index is 2.05. The molecule has 1 amide bonds. The maximum absolute atomic E-state index is 12.0. The van der Waals surface area contributed by atoms with Crippen LogP contribution in [0.5, 0.6) is 5.75 Å². The van der Waals surface area contributed by atoms with Crippen LogP contribution in [0.2, 0.25) is 5.02 Å². The van der Waals surface area contributed by atoms with E-state index in [0.717, 1.165) is 12.1 Å². The molecule has 1 aromatic carbocycles. The molecule has 4 nitrogen and oxygen atoms in total. The molecule has 0 saturated carbocycles. The van der Waals surface area contributed by atoms with Crippen LogP contribution >= 0.6 is 11.6 Å². The first-order valence-corrected chi connectivity index (χ1v) is 6.00. The Hall–Kier alpha value is -2.28. The second kappa shape index (κ2) is 6.01. The number of pyridine rings is 1. The van der Waals surface area contributed by atoms with Gasteiger partial charge in [0.1, 0.15) is 11.4 Å². The van der Waals surface area contributed by atoms with Crippen LogP contribution in [-0.4, -0.2) is 17.3 Å². The van der Waals surface area contributed by atoms with Gasteiger partial charge < -0.3 is 10.1 Å². The van der Waals surface area contributed by atoms with E-state index in [-0.39, 0.29) is 11.4 Å². The van der Waals surface area contributed by atoms with Gasteiger partial charge in [0.05, 0.1) is 0 Å². The van der Waals surface area contributed by atoms with Crippen LogP contribution in [0, 0.1) is 0 Å². The number of hydrogen-bond donors (Lipinski definition) is 1. The third-order valence-corrected chi connectivity index (χ3v) is 2.54. The van der Waals surface area contributed by atoms with Crippen LogP contribution in [0.4, 0.5) is 18.9 Å². The summed E-state index contributed by atoms with van der Waals surface area (Å²) in [6.45, 7) is 0. The molecule has 0 unspecified atom stereocenters. The van der Waals surface area contributed by atoms with Crippen LogP contribution in [0.25, 0.3) is 0 Å². The van der Waals surface area contributed by atoms with Crippen LogP contribution in [0.1, 0.15) is 10.5 Å². The Labute approximate surface area is 122 Å². The van der Waals surface area contributed by atoms with Gasteiger partial charge in [-0.05, 0) is 36.4 Å². The third kappa shape index (κ3) is 4.64. The lowest BCUT2D eigenvalue weighted by Crippen LogP contribution is -2.17. The highest BCUT2D eigenvalue weighted by molar-refractivity contribution is 6.30. The Morgan fingerprint density at radius 3 is 2.43 bits per heavy atom. The second-order valence-electron chi connectivity index (χ2n) is 3.89. The van der Waals surface area contributed by atoms with E-state index in [1.165, 1.54) is 30.5 Å². The molecule has 0 aliphatic rings. The summed E-state index contributed by atoms with van der Waals surface area (Å²) in [7, 11) is 0. The van der Waals surface area contributed by atoms with Crippen LogP contribution in [-0.2, 0) is 0 Å². The van der Waals surface area contributed by atoms with Gasteiger partial charge in [-0.2, -0.15) is 0 Å². The van der Waals surface area contributed by atoms with E-state index in [9.17, 15) is 18.0 Å². The lowest BCUT2D eigenvalue weighted by Gasteiger charge is -2.09. The molecule has 0 atom stereocenters. The van der Waals surface area contributed by atoms with Crippen molar-refractivity contribution in [2.75, 3.05) is 5.32 Å². The predicted octanol–water partition coefficient (Wildman–Crippen LogP) is 3.89. The number of halogens is 4. The molecule has 0 aliphatic heterocycles.